The minimum atomic E-state index is -0.00392. The normalized spacial score (nSPS) is 35.6. The first-order chi connectivity index (χ1) is 11.7. The van der Waals surface area contributed by atoms with Crippen LogP contribution in [0.15, 0.2) is 17.7 Å². The molecule has 0 aliphatic carbocycles. The van der Waals surface area contributed by atoms with E-state index in [0.717, 1.165) is 19.4 Å². The Morgan fingerprint density at radius 3 is 3.08 bits per heavy atom. The number of fused-ring (bicyclic) bond motifs is 1. The van der Waals surface area contributed by atoms with E-state index in [-0.39, 0.29) is 11.9 Å². The second kappa shape index (κ2) is 6.64. The minimum Gasteiger partial charge on any atom is -0.469 e. The summed E-state index contributed by atoms with van der Waals surface area (Å²) in [6.45, 7) is 3.29. The third-order valence-electron chi connectivity index (χ3n) is 6.17. The molecule has 5 rings (SSSR count). The largest absolute Gasteiger partial charge is 0.469 e. The molecule has 0 N–H and O–H groups in total. The fourth-order valence-electron chi connectivity index (χ4n) is 5.02. The molecule has 4 heteroatoms. The smallest absolute Gasteiger partial charge is 0.310 e. The van der Waals surface area contributed by atoms with Crippen molar-refractivity contribution in [2.45, 2.75) is 57.5 Å². The molecule has 4 saturated heterocycles. The van der Waals surface area contributed by atoms with Gasteiger partial charge in [0.05, 0.1) is 13.0 Å². The van der Waals surface area contributed by atoms with Gasteiger partial charge in [-0.15, -0.1) is 11.3 Å². The first-order valence-electron chi connectivity index (χ1n) is 9.34. The van der Waals surface area contributed by atoms with Crippen LogP contribution in [-0.2, 0) is 16.0 Å². The second-order valence-electron chi connectivity index (χ2n) is 7.49. The molecular weight excluding hydrogens is 318 g/mol. The molecule has 0 saturated carbocycles. The van der Waals surface area contributed by atoms with Gasteiger partial charge in [-0.2, -0.15) is 0 Å². The summed E-state index contributed by atoms with van der Waals surface area (Å²) in [5.74, 6) is 0.435. The highest BCUT2D eigenvalue weighted by atomic mass is 32.1. The number of methoxy groups -OCH3 is 1. The Hall–Kier alpha value is -1.13. The van der Waals surface area contributed by atoms with E-state index >= 15 is 0 Å². The van der Waals surface area contributed by atoms with E-state index in [9.17, 15) is 4.79 Å². The molecule has 4 fully saturated rings. The van der Waals surface area contributed by atoms with Gasteiger partial charge in [0.25, 0.3) is 0 Å². The number of esters is 1. The third kappa shape index (κ3) is 2.74. The van der Waals surface area contributed by atoms with Gasteiger partial charge in [0, 0.05) is 28.4 Å². The van der Waals surface area contributed by atoms with Crippen LogP contribution in [0.2, 0.25) is 0 Å². The molecule has 3 nitrogen and oxygen atoms in total. The summed E-state index contributed by atoms with van der Waals surface area (Å²) >= 11 is 1.92. The maximum Gasteiger partial charge on any atom is 0.310 e. The van der Waals surface area contributed by atoms with Crippen molar-refractivity contribution in [3.8, 4) is 0 Å². The SMILES string of the molecule is CCCCc1ccc(/C=C2\CN3C4CCC3C(C(=O)OC)C2C4)s1. The summed E-state index contributed by atoms with van der Waals surface area (Å²) in [7, 11) is 1.54. The predicted octanol–water partition coefficient (Wildman–Crippen LogP) is 4.13. The van der Waals surface area contributed by atoms with Crippen molar-refractivity contribution in [2.24, 2.45) is 11.8 Å². The van der Waals surface area contributed by atoms with Gasteiger partial charge in [-0.1, -0.05) is 18.9 Å². The van der Waals surface area contributed by atoms with Crippen molar-refractivity contribution in [1.82, 2.24) is 4.90 Å². The van der Waals surface area contributed by atoms with Crippen LogP contribution in [0.4, 0.5) is 0 Å². The Kier molecular flexibility index (Phi) is 4.52. The Labute approximate surface area is 148 Å². The lowest BCUT2D eigenvalue weighted by Crippen LogP contribution is -2.58. The number of piperidine rings is 3. The van der Waals surface area contributed by atoms with Crippen LogP contribution in [0.1, 0.15) is 48.8 Å². The molecule has 4 aliphatic heterocycles. The monoisotopic (exact) mass is 345 g/mol. The van der Waals surface area contributed by atoms with E-state index in [1.165, 1.54) is 48.1 Å². The van der Waals surface area contributed by atoms with E-state index in [2.05, 4.69) is 30.0 Å². The topological polar surface area (TPSA) is 29.5 Å². The Morgan fingerprint density at radius 2 is 2.29 bits per heavy atom. The van der Waals surface area contributed by atoms with Crippen LogP contribution in [0.25, 0.3) is 6.08 Å². The maximum absolute atomic E-state index is 12.4. The number of thiophene rings is 1. The molecule has 0 amide bonds. The van der Waals surface area contributed by atoms with E-state index in [1.807, 2.05) is 11.3 Å². The zero-order valence-electron chi connectivity index (χ0n) is 14.7. The molecule has 5 atom stereocenters. The summed E-state index contributed by atoms with van der Waals surface area (Å²) in [5.41, 5.74) is 1.45. The molecule has 24 heavy (non-hydrogen) atoms. The number of hydrogen-bond donors (Lipinski definition) is 0. The van der Waals surface area contributed by atoms with Gasteiger partial charge in [-0.05, 0) is 56.2 Å². The summed E-state index contributed by atoms with van der Waals surface area (Å²) in [5, 5.41) is 0. The zero-order chi connectivity index (χ0) is 16.7. The van der Waals surface area contributed by atoms with Gasteiger partial charge in [0.15, 0.2) is 0 Å². The molecule has 4 aliphatic rings. The fraction of sp³-hybridized carbons (Fsp3) is 0.650. The van der Waals surface area contributed by atoms with E-state index in [4.69, 9.17) is 4.74 Å². The van der Waals surface area contributed by atoms with E-state index in [1.54, 1.807) is 0 Å². The molecule has 0 aromatic carbocycles. The number of hydrogen-bond acceptors (Lipinski definition) is 4. The fourth-order valence-corrected chi connectivity index (χ4v) is 6.05. The number of carbonyl (C=O) groups excluding carboxylic acids is 1. The molecule has 5 unspecified atom stereocenters. The quantitative estimate of drug-likeness (QED) is 0.752. The number of rotatable bonds is 5. The zero-order valence-corrected chi connectivity index (χ0v) is 15.5. The summed E-state index contributed by atoms with van der Waals surface area (Å²) < 4.78 is 5.15. The maximum atomic E-state index is 12.4. The highest BCUT2D eigenvalue weighted by Gasteiger charge is 2.55. The van der Waals surface area contributed by atoms with Crippen LogP contribution in [0, 0.1) is 11.8 Å². The lowest BCUT2D eigenvalue weighted by atomic mass is 9.71. The third-order valence-corrected chi connectivity index (χ3v) is 7.26. The van der Waals surface area contributed by atoms with Gasteiger partial charge in [0.1, 0.15) is 0 Å². The van der Waals surface area contributed by atoms with E-state index in [0.29, 0.717) is 18.0 Å². The molecule has 0 radical (unpaired) electrons. The second-order valence-corrected chi connectivity index (χ2v) is 8.69. The van der Waals surface area contributed by atoms with Gasteiger partial charge in [-0.3, -0.25) is 9.69 Å². The molecular formula is C20H27NO2S. The molecule has 0 spiro atoms. The van der Waals surface area contributed by atoms with Crippen molar-refractivity contribution in [3.63, 3.8) is 0 Å². The first-order valence-corrected chi connectivity index (χ1v) is 10.2. The van der Waals surface area contributed by atoms with Crippen LogP contribution >= 0.6 is 11.3 Å². The summed E-state index contributed by atoms with van der Waals surface area (Å²) in [6, 6.07) is 5.64. The first kappa shape index (κ1) is 16.3. The standard InChI is InChI=1S/C20H27NO2S/c1-3-4-5-15-7-8-16(24-15)10-13-12-21-14-6-9-18(21)19(17(13)11-14)20(22)23-2/h7-8,10,14,17-19H,3-6,9,11-12H2,1-2H3/b13-10+. The molecule has 130 valence electrons. The van der Waals surface area contributed by atoms with Crippen LogP contribution in [-0.4, -0.2) is 36.6 Å². The molecule has 4 bridgehead atoms. The molecule has 1 aromatic rings. The Bertz CT molecular complexity index is 650. The molecule has 1 aromatic heterocycles. The summed E-state index contributed by atoms with van der Waals surface area (Å²) in [4.78, 5) is 17.8. The van der Waals surface area contributed by atoms with Crippen LogP contribution in [0.3, 0.4) is 0 Å². The minimum absolute atomic E-state index is 0.00392. The highest BCUT2D eigenvalue weighted by molar-refractivity contribution is 7.12. The van der Waals surface area contributed by atoms with Crippen molar-refractivity contribution in [2.75, 3.05) is 13.7 Å². The van der Waals surface area contributed by atoms with Crippen LogP contribution < -0.4 is 0 Å². The highest BCUT2D eigenvalue weighted by Crippen LogP contribution is 2.51. The van der Waals surface area contributed by atoms with Crippen molar-refractivity contribution in [1.29, 1.82) is 0 Å². The van der Waals surface area contributed by atoms with Crippen molar-refractivity contribution >= 4 is 23.4 Å². The van der Waals surface area contributed by atoms with Gasteiger partial charge in [-0.25, -0.2) is 0 Å². The number of ether oxygens (including phenoxy) is 1. The van der Waals surface area contributed by atoms with Gasteiger partial charge in [0.2, 0.25) is 0 Å². The average Bonchev–Trinajstić information content (AvgIpc) is 3.17. The summed E-state index contributed by atoms with van der Waals surface area (Å²) in [6.07, 6.45) is 9.61. The van der Waals surface area contributed by atoms with E-state index < -0.39 is 0 Å². The Morgan fingerprint density at radius 1 is 1.42 bits per heavy atom. The lowest BCUT2D eigenvalue weighted by molar-refractivity contribution is -0.153. The Balaban J connectivity index is 1.58. The van der Waals surface area contributed by atoms with Gasteiger partial charge >= 0.3 is 5.97 Å². The van der Waals surface area contributed by atoms with Crippen LogP contribution in [0.5, 0.6) is 0 Å². The average molecular weight is 346 g/mol. The number of carbonyl (C=O) groups is 1. The lowest BCUT2D eigenvalue weighted by Gasteiger charge is -2.50. The predicted molar refractivity (Wildman–Crippen MR) is 98.0 cm³/mol. The van der Waals surface area contributed by atoms with Gasteiger partial charge < -0.3 is 4.74 Å². The van der Waals surface area contributed by atoms with Crippen molar-refractivity contribution in [3.05, 3.63) is 27.5 Å². The van der Waals surface area contributed by atoms with Crippen molar-refractivity contribution < 1.29 is 9.53 Å². The number of nitrogens with zero attached hydrogens (tertiary/aromatic N) is 1. The molecule has 5 heterocycles. The number of aryl methyl sites for hydroxylation is 1. The number of unbranched alkanes of at least 4 members (excludes halogenated alkanes) is 1.